The third-order valence-corrected chi connectivity index (χ3v) is 3.81. The molecule has 2 nitrogen and oxygen atoms in total. The van der Waals surface area contributed by atoms with Gasteiger partial charge in [0.15, 0.2) is 0 Å². The molecule has 4 unspecified atom stereocenters. The first-order chi connectivity index (χ1) is 6.77. The third-order valence-electron chi connectivity index (χ3n) is 3.81. The number of ether oxygens (including phenoxy) is 1. The maximum atomic E-state index is 6.11. The highest BCUT2D eigenvalue weighted by Gasteiger charge is 2.37. The molecular weight excluding hydrogens is 174 g/mol. The van der Waals surface area contributed by atoms with Crippen LogP contribution in [0.2, 0.25) is 0 Å². The molecule has 1 heterocycles. The smallest absolute Gasteiger partial charge is 0.0576 e. The second-order valence-electron chi connectivity index (χ2n) is 5.11. The summed E-state index contributed by atoms with van der Waals surface area (Å²) < 4.78 is 5.59. The molecule has 1 aliphatic heterocycles. The highest BCUT2D eigenvalue weighted by Crippen LogP contribution is 2.41. The van der Waals surface area contributed by atoms with Crippen LogP contribution in [-0.2, 0) is 4.74 Å². The van der Waals surface area contributed by atoms with E-state index in [4.69, 9.17) is 10.5 Å². The minimum absolute atomic E-state index is 0.464. The van der Waals surface area contributed by atoms with E-state index in [1.54, 1.807) is 0 Å². The molecule has 82 valence electrons. The van der Waals surface area contributed by atoms with Crippen molar-refractivity contribution in [2.75, 3.05) is 6.61 Å². The van der Waals surface area contributed by atoms with Crippen LogP contribution in [0, 0.1) is 11.8 Å². The van der Waals surface area contributed by atoms with Crippen LogP contribution < -0.4 is 5.73 Å². The average molecular weight is 197 g/mol. The Hall–Kier alpha value is -0.0800. The van der Waals surface area contributed by atoms with Crippen LogP contribution in [0.5, 0.6) is 0 Å². The van der Waals surface area contributed by atoms with Crippen LogP contribution in [-0.4, -0.2) is 18.8 Å². The van der Waals surface area contributed by atoms with E-state index >= 15 is 0 Å². The Balaban J connectivity index is 1.53. The van der Waals surface area contributed by atoms with Gasteiger partial charge in [-0.05, 0) is 50.4 Å². The number of hydrogen-bond acceptors (Lipinski definition) is 2. The fourth-order valence-electron chi connectivity index (χ4n) is 2.61. The van der Waals surface area contributed by atoms with Crippen molar-refractivity contribution in [1.82, 2.24) is 0 Å². The molecule has 2 heteroatoms. The molecule has 0 aromatic heterocycles. The van der Waals surface area contributed by atoms with Gasteiger partial charge in [0.2, 0.25) is 0 Å². The maximum absolute atomic E-state index is 6.11. The molecular formula is C12H23NO. The lowest BCUT2D eigenvalue weighted by Gasteiger charge is -2.13. The van der Waals surface area contributed by atoms with Crippen LogP contribution in [0.15, 0.2) is 0 Å². The third kappa shape index (κ3) is 2.71. The Morgan fingerprint density at radius 3 is 2.86 bits per heavy atom. The van der Waals surface area contributed by atoms with E-state index in [0.29, 0.717) is 12.1 Å². The number of nitrogens with two attached hydrogens (primary N) is 1. The van der Waals surface area contributed by atoms with Gasteiger partial charge in [-0.1, -0.05) is 6.92 Å². The summed E-state index contributed by atoms with van der Waals surface area (Å²) in [6.07, 6.45) is 8.14. The Bertz CT molecular complexity index is 177. The van der Waals surface area contributed by atoms with E-state index in [2.05, 4.69) is 6.92 Å². The van der Waals surface area contributed by atoms with Gasteiger partial charge in [0.1, 0.15) is 0 Å². The fraction of sp³-hybridized carbons (Fsp3) is 1.00. The van der Waals surface area contributed by atoms with E-state index in [-0.39, 0.29) is 0 Å². The summed E-state index contributed by atoms with van der Waals surface area (Å²) in [6.45, 7) is 3.29. The van der Waals surface area contributed by atoms with Crippen molar-refractivity contribution in [2.45, 2.75) is 57.6 Å². The van der Waals surface area contributed by atoms with Gasteiger partial charge >= 0.3 is 0 Å². The summed E-state index contributed by atoms with van der Waals surface area (Å²) in [5, 5.41) is 0. The van der Waals surface area contributed by atoms with Crippen LogP contribution >= 0.6 is 0 Å². The molecule has 0 amide bonds. The van der Waals surface area contributed by atoms with Crippen LogP contribution in [0.4, 0.5) is 0 Å². The van der Waals surface area contributed by atoms with Crippen molar-refractivity contribution in [3.05, 3.63) is 0 Å². The lowest BCUT2D eigenvalue weighted by Crippen LogP contribution is -2.23. The maximum Gasteiger partial charge on any atom is 0.0576 e. The van der Waals surface area contributed by atoms with Gasteiger partial charge in [-0.3, -0.25) is 0 Å². The Morgan fingerprint density at radius 1 is 1.50 bits per heavy atom. The first-order valence-corrected chi connectivity index (χ1v) is 6.14. The molecule has 1 aliphatic carbocycles. The van der Waals surface area contributed by atoms with Crippen LogP contribution in [0.25, 0.3) is 0 Å². The van der Waals surface area contributed by atoms with Crippen molar-refractivity contribution < 1.29 is 4.74 Å². The SMILES string of the molecule is CC1CC1C(N)CCCC1CCCO1. The monoisotopic (exact) mass is 197 g/mol. The van der Waals surface area contributed by atoms with Gasteiger partial charge in [-0.25, -0.2) is 0 Å². The number of rotatable bonds is 5. The van der Waals surface area contributed by atoms with Crippen LogP contribution in [0.1, 0.15) is 45.4 Å². The van der Waals surface area contributed by atoms with Gasteiger partial charge < -0.3 is 10.5 Å². The Kier molecular flexibility index (Phi) is 3.45. The molecule has 2 N–H and O–H groups in total. The normalized spacial score (nSPS) is 38.6. The molecule has 0 aromatic rings. The molecule has 0 spiro atoms. The van der Waals surface area contributed by atoms with Crippen molar-refractivity contribution >= 4 is 0 Å². The molecule has 0 aromatic carbocycles. The van der Waals surface area contributed by atoms with E-state index < -0.39 is 0 Å². The van der Waals surface area contributed by atoms with Gasteiger partial charge in [0.05, 0.1) is 6.10 Å². The summed E-state index contributed by atoms with van der Waals surface area (Å²) in [6, 6.07) is 0.464. The Labute approximate surface area is 87.2 Å². The zero-order valence-corrected chi connectivity index (χ0v) is 9.24. The lowest BCUT2D eigenvalue weighted by molar-refractivity contribution is 0.101. The summed E-state index contributed by atoms with van der Waals surface area (Å²) in [7, 11) is 0. The van der Waals surface area contributed by atoms with Gasteiger partial charge in [0.25, 0.3) is 0 Å². The quantitative estimate of drug-likeness (QED) is 0.734. The molecule has 1 saturated heterocycles. The highest BCUT2D eigenvalue weighted by molar-refractivity contribution is 4.90. The molecule has 1 saturated carbocycles. The average Bonchev–Trinajstić information content (AvgIpc) is 2.68. The van der Waals surface area contributed by atoms with Crippen molar-refractivity contribution in [1.29, 1.82) is 0 Å². The summed E-state index contributed by atoms with van der Waals surface area (Å²) in [5.41, 5.74) is 6.11. The summed E-state index contributed by atoms with van der Waals surface area (Å²) >= 11 is 0. The van der Waals surface area contributed by atoms with E-state index in [0.717, 1.165) is 18.4 Å². The fourth-order valence-corrected chi connectivity index (χ4v) is 2.61. The van der Waals surface area contributed by atoms with Crippen molar-refractivity contribution in [3.63, 3.8) is 0 Å². The molecule has 4 atom stereocenters. The molecule has 2 fully saturated rings. The number of hydrogen-bond donors (Lipinski definition) is 1. The van der Waals surface area contributed by atoms with Gasteiger partial charge in [-0.15, -0.1) is 0 Å². The predicted octanol–water partition coefficient (Wildman–Crippen LogP) is 2.32. The standard InChI is InChI=1S/C12H23NO/c1-9-8-11(9)12(13)6-2-4-10-5-3-7-14-10/h9-12H,2-8,13H2,1H3. The zero-order chi connectivity index (χ0) is 9.97. The minimum Gasteiger partial charge on any atom is -0.378 e. The second kappa shape index (κ2) is 4.63. The minimum atomic E-state index is 0.464. The Morgan fingerprint density at radius 2 is 2.29 bits per heavy atom. The summed E-state index contributed by atoms with van der Waals surface area (Å²) in [4.78, 5) is 0. The van der Waals surface area contributed by atoms with Crippen molar-refractivity contribution in [2.24, 2.45) is 17.6 Å². The van der Waals surface area contributed by atoms with Crippen LogP contribution in [0.3, 0.4) is 0 Å². The largest absolute Gasteiger partial charge is 0.378 e. The lowest BCUT2D eigenvalue weighted by atomic mass is 10.0. The van der Waals surface area contributed by atoms with E-state index in [1.165, 1.54) is 38.5 Å². The van der Waals surface area contributed by atoms with E-state index in [9.17, 15) is 0 Å². The highest BCUT2D eigenvalue weighted by atomic mass is 16.5. The molecule has 14 heavy (non-hydrogen) atoms. The zero-order valence-electron chi connectivity index (χ0n) is 9.24. The second-order valence-corrected chi connectivity index (χ2v) is 5.11. The summed E-state index contributed by atoms with van der Waals surface area (Å²) in [5.74, 6) is 1.73. The van der Waals surface area contributed by atoms with E-state index in [1.807, 2.05) is 0 Å². The first kappa shape index (κ1) is 10.4. The topological polar surface area (TPSA) is 35.2 Å². The predicted molar refractivity (Wildman–Crippen MR) is 58.1 cm³/mol. The molecule has 2 aliphatic rings. The molecule has 0 radical (unpaired) electrons. The molecule has 2 rings (SSSR count). The van der Waals surface area contributed by atoms with Gasteiger partial charge in [0, 0.05) is 12.6 Å². The van der Waals surface area contributed by atoms with Gasteiger partial charge in [-0.2, -0.15) is 0 Å². The first-order valence-electron chi connectivity index (χ1n) is 6.14. The van der Waals surface area contributed by atoms with Crippen molar-refractivity contribution in [3.8, 4) is 0 Å². The molecule has 0 bridgehead atoms.